The Balaban J connectivity index is 2.47. The van der Waals surface area contributed by atoms with Crippen molar-refractivity contribution in [3.05, 3.63) is 28.2 Å². The molecule has 1 unspecified atom stereocenters. The summed E-state index contributed by atoms with van der Waals surface area (Å²) in [6, 6.07) is 6.75. The number of halogens is 1. The van der Waals surface area contributed by atoms with Crippen molar-refractivity contribution in [3.63, 3.8) is 0 Å². The first-order valence-corrected chi connectivity index (χ1v) is 4.93. The second kappa shape index (κ2) is 3.13. The topological polar surface area (TPSA) is 12.4 Å². The number of rotatable bonds is 1. The van der Waals surface area contributed by atoms with Crippen LogP contribution in [0.4, 0.5) is 0 Å². The van der Waals surface area contributed by atoms with E-state index < -0.39 is 0 Å². The van der Waals surface area contributed by atoms with Crippen LogP contribution in [0.2, 0.25) is 0 Å². The molecule has 2 rings (SSSR count). The molecular formula is C9H9BBrN. The number of hydrogen-bond acceptors (Lipinski definition) is 1. The van der Waals surface area contributed by atoms with E-state index >= 15 is 0 Å². The number of nitrogens with zero attached hydrogens (tertiary/aromatic N) is 1. The Morgan fingerprint density at radius 2 is 2.42 bits per heavy atom. The Bertz CT molecular complexity index is 335. The Labute approximate surface area is 81.3 Å². The van der Waals surface area contributed by atoms with Gasteiger partial charge in [-0.3, -0.25) is 0 Å². The van der Waals surface area contributed by atoms with Crippen LogP contribution in [0.1, 0.15) is 24.9 Å². The van der Waals surface area contributed by atoms with Crippen LogP contribution < -0.4 is 5.46 Å². The first-order valence-electron chi connectivity index (χ1n) is 4.14. The first kappa shape index (κ1) is 8.18. The van der Waals surface area contributed by atoms with Crippen molar-refractivity contribution in [1.82, 2.24) is 0 Å². The predicted octanol–water partition coefficient (Wildman–Crippen LogP) is 2.43. The minimum absolute atomic E-state index is 0.396. The van der Waals surface area contributed by atoms with E-state index in [0.29, 0.717) is 6.04 Å². The standard InChI is InChI=1S/C9H9BBrN/c1-2-9-7-4-3-6(11)5-8(7)10-12-9/h3-5,9H,2H2,1H3. The van der Waals surface area contributed by atoms with Crippen LogP contribution in [0, 0.1) is 0 Å². The molecule has 3 heteroatoms. The molecule has 0 aromatic heterocycles. The molecule has 60 valence electrons. The molecule has 0 radical (unpaired) electrons. The summed E-state index contributed by atoms with van der Waals surface area (Å²) in [5, 5.41) is 0. The summed E-state index contributed by atoms with van der Waals surface area (Å²) in [7, 11) is 1.97. The first-order chi connectivity index (χ1) is 5.81. The molecule has 0 N–H and O–H groups in total. The summed E-state index contributed by atoms with van der Waals surface area (Å²) in [5.41, 5.74) is 2.62. The van der Waals surface area contributed by atoms with Crippen LogP contribution in [-0.4, -0.2) is 7.07 Å². The van der Waals surface area contributed by atoms with Gasteiger partial charge >= 0.3 is 81.0 Å². The maximum atomic E-state index is 4.42. The molecule has 0 saturated carbocycles. The molecule has 0 spiro atoms. The Morgan fingerprint density at radius 3 is 3.17 bits per heavy atom. The van der Waals surface area contributed by atoms with Gasteiger partial charge in [0.1, 0.15) is 0 Å². The van der Waals surface area contributed by atoms with Gasteiger partial charge in [-0.15, -0.1) is 0 Å². The van der Waals surface area contributed by atoms with E-state index in [0.717, 1.165) is 10.9 Å². The summed E-state index contributed by atoms with van der Waals surface area (Å²) < 4.78 is 1.13. The zero-order chi connectivity index (χ0) is 8.55. The Kier molecular flexibility index (Phi) is 2.13. The van der Waals surface area contributed by atoms with E-state index in [1.807, 2.05) is 7.07 Å². The van der Waals surface area contributed by atoms with Crippen LogP contribution in [0.3, 0.4) is 0 Å². The monoisotopic (exact) mass is 221 g/mol. The molecule has 1 aliphatic rings. The van der Waals surface area contributed by atoms with Crippen LogP contribution in [0.5, 0.6) is 0 Å². The van der Waals surface area contributed by atoms with Gasteiger partial charge in [-0.1, -0.05) is 0 Å². The molecule has 1 heterocycles. The van der Waals surface area contributed by atoms with Crippen molar-refractivity contribution < 1.29 is 0 Å². The molecule has 0 bridgehead atoms. The number of fused-ring (bicyclic) bond motifs is 1. The Morgan fingerprint density at radius 1 is 1.58 bits per heavy atom. The van der Waals surface area contributed by atoms with Gasteiger partial charge in [0.2, 0.25) is 0 Å². The average molecular weight is 222 g/mol. The molecule has 0 saturated heterocycles. The third-order valence-electron chi connectivity index (χ3n) is 2.19. The fourth-order valence-corrected chi connectivity index (χ4v) is 1.92. The summed E-state index contributed by atoms with van der Waals surface area (Å²) >= 11 is 3.45. The van der Waals surface area contributed by atoms with Crippen LogP contribution >= 0.6 is 15.9 Å². The molecule has 1 aliphatic heterocycles. The molecule has 1 atom stereocenters. The fourth-order valence-electron chi connectivity index (χ4n) is 1.54. The van der Waals surface area contributed by atoms with Crippen LogP contribution in [0.15, 0.2) is 27.6 Å². The number of hydrogen-bond donors (Lipinski definition) is 0. The van der Waals surface area contributed by atoms with Gasteiger partial charge in [0.15, 0.2) is 0 Å². The van der Waals surface area contributed by atoms with E-state index in [9.17, 15) is 0 Å². The molecule has 1 aromatic rings. The second-order valence-corrected chi connectivity index (χ2v) is 3.89. The molecule has 12 heavy (non-hydrogen) atoms. The van der Waals surface area contributed by atoms with Crippen LogP contribution in [0.25, 0.3) is 0 Å². The summed E-state index contributed by atoms with van der Waals surface area (Å²) in [6.07, 6.45) is 1.09. The van der Waals surface area contributed by atoms with Gasteiger partial charge in [0, 0.05) is 0 Å². The van der Waals surface area contributed by atoms with E-state index in [2.05, 4.69) is 45.9 Å². The third-order valence-corrected chi connectivity index (χ3v) is 2.68. The maximum absolute atomic E-state index is 4.42. The summed E-state index contributed by atoms with van der Waals surface area (Å²) in [4.78, 5) is 4.42. The molecule has 0 aliphatic carbocycles. The summed E-state index contributed by atoms with van der Waals surface area (Å²) in [5.74, 6) is 0. The molecule has 1 nitrogen and oxygen atoms in total. The normalized spacial score (nSPS) is 19.0. The zero-order valence-corrected chi connectivity index (χ0v) is 8.51. The molecule has 0 amide bonds. The van der Waals surface area contributed by atoms with Gasteiger partial charge in [-0.25, -0.2) is 0 Å². The van der Waals surface area contributed by atoms with Crippen molar-refractivity contribution in [1.29, 1.82) is 0 Å². The van der Waals surface area contributed by atoms with Gasteiger partial charge in [0.05, 0.1) is 0 Å². The van der Waals surface area contributed by atoms with Crippen molar-refractivity contribution >= 4 is 28.5 Å². The second-order valence-electron chi connectivity index (χ2n) is 2.98. The van der Waals surface area contributed by atoms with Gasteiger partial charge in [-0.2, -0.15) is 0 Å². The Hall–Kier alpha value is -0.435. The molecule has 1 aromatic carbocycles. The third kappa shape index (κ3) is 1.26. The van der Waals surface area contributed by atoms with E-state index in [1.165, 1.54) is 11.0 Å². The van der Waals surface area contributed by atoms with Crippen molar-refractivity contribution in [2.24, 2.45) is 4.90 Å². The number of benzene rings is 1. The summed E-state index contributed by atoms with van der Waals surface area (Å²) in [6.45, 7) is 2.17. The van der Waals surface area contributed by atoms with Crippen LogP contribution in [-0.2, 0) is 0 Å². The van der Waals surface area contributed by atoms with E-state index in [-0.39, 0.29) is 0 Å². The zero-order valence-electron chi connectivity index (χ0n) is 6.92. The van der Waals surface area contributed by atoms with Crippen molar-refractivity contribution in [2.45, 2.75) is 19.4 Å². The molecule has 0 fully saturated rings. The van der Waals surface area contributed by atoms with Gasteiger partial charge < -0.3 is 0 Å². The van der Waals surface area contributed by atoms with Crippen molar-refractivity contribution in [3.8, 4) is 0 Å². The molecular weight excluding hydrogens is 213 g/mol. The van der Waals surface area contributed by atoms with Crippen molar-refractivity contribution in [2.75, 3.05) is 0 Å². The SMILES string of the molecule is CCC1N=Bc2cc(Br)ccc21. The minimum atomic E-state index is 0.396. The van der Waals surface area contributed by atoms with Gasteiger partial charge in [0.25, 0.3) is 0 Å². The average Bonchev–Trinajstić information content (AvgIpc) is 2.46. The van der Waals surface area contributed by atoms with E-state index in [1.54, 1.807) is 0 Å². The van der Waals surface area contributed by atoms with Gasteiger partial charge in [-0.05, 0) is 0 Å². The predicted molar refractivity (Wildman–Crippen MR) is 55.0 cm³/mol. The fraction of sp³-hybridized carbons (Fsp3) is 0.333. The quantitative estimate of drug-likeness (QED) is 0.647. The van der Waals surface area contributed by atoms with E-state index in [4.69, 9.17) is 0 Å².